The van der Waals surface area contributed by atoms with E-state index < -0.39 is 0 Å². The Labute approximate surface area is 98.3 Å². The molecule has 3 fully saturated rings. The average Bonchev–Trinajstić information content (AvgIpc) is 2.83. The third-order valence-electron chi connectivity index (χ3n) is 4.85. The molecule has 16 heavy (non-hydrogen) atoms. The number of ether oxygens (including phenoxy) is 1. The van der Waals surface area contributed by atoms with Crippen LogP contribution in [0, 0.1) is 17.8 Å². The van der Waals surface area contributed by atoms with E-state index in [4.69, 9.17) is 10.5 Å². The molecule has 2 heterocycles. The summed E-state index contributed by atoms with van der Waals surface area (Å²) in [6.07, 6.45) is 5.16. The van der Waals surface area contributed by atoms with E-state index >= 15 is 0 Å². The van der Waals surface area contributed by atoms with Crippen molar-refractivity contribution in [1.82, 2.24) is 4.90 Å². The predicted octanol–water partition coefficient (Wildman–Crippen LogP) is 1.08. The summed E-state index contributed by atoms with van der Waals surface area (Å²) in [5.41, 5.74) is 6.17. The molecule has 0 radical (unpaired) electrons. The summed E-state index contributed by atoms with van der Waals surface area (Å²) in [4.78, 5) is 2.67. The molecule has 0 aromatic heterocycles. The van der Waals surface area contributed by atoms with Gasteiger partial charge >= 0.3 is 0 Å². The third-order valence-corrected chi connectivity index (χ3v) is 4.85. The zero-order chi connectivity index (χ0) is 11.0. The van der Waals surface area contributed by atoms with Crippen LogP contribution in [-0.4, -0.2) is 43.8 Å². The van der Waals surface area contributed by atoms with E-state index in [1.54, 1.807) is 0 Å². The first kappa shape index (κ1) is 11.0. The van der Waals surface area contributed by atoms with Crippen molar-refractivity contribution in [3.05, 3.63) is 0 Å². The minimum atomic E-state index is 0.490. The number of hydrogen-bond acceptors (Lipinski definition) is 3. The van der Waals surface area contributed by atoms with Crippen molar-refractivity contribution in [3.63, 3.8) is 0 Å². The number of hydrogen-bond donors (Lipinski definition) is 1. The van der Waals surface area contributed by atoms with Gasteiger partial charge in [-0.25, -0.2) is 0 Å². The van der Waals surface area contributed by atoms with Crippen molar-refractivity contribution in [2.24, 2.45) is 23.5 Å². The maximum Gasteiger partial charge on any atom is 0.0469 e. The summed E-state index contributed by atoms with van der Waals surface area (Å²) in [7, 11) is 0. The minimum Gasteiger partial charge on any atom is -0.381 e. The van der Waals surface area contributed by atoms with E-state index in [0.717, 1.165) is 31.0 Å². The van der Waals surface area contributed by atoms with Gasteiger partial charge in [0.1, 0.15) is 0 Å². The molecule has 3 aliphatic rings. The molecular formula is C13H24N2O. The standard InChI is InChI=1S/C13H24N2O/c14-13-2-1-11-8-15(9-12(11)13)7-10-3-5-16-6-4-10/h10-13H,1-9,14H2. The Morgan fingerprint density at radius 2 is 1.88 bits per heavy atom. The van der Waals surface area contributed by atoms with Crippen molar-refractivity contribution in [2.45, 2.75) is 31.7 Å². The quantitative estimate of drug-likeness (QED) is 0.763. The van der Waals surface area contributed by atoms with Crippen LogP contribution in [0.15, 0.2) is 0 Å². The molecule has 0 bridgehead atoms. The van der Waals surface area contributed by atoms with Crippen LogP contribution in [-0.2, 0) is 4.74 Å². The Morgan fingerprint density at radius 1 is 1.06 bits per heavy atom. The second kappa shape index (κ2) is 4.63. The second-order valence-electron chi connectivity index (χ2n) is 5.94. The van der Waals surface area contributed by atoms with Gasteiger partial charge in [0.15, 0.2) is 0 Å². The van der Waals surface area contributed by atoms with Gasteiger partial charge in [-0.2, -0.15) is 0 Å². The van der Waals surface area contributed by atoms with Crippen LogP contribution in [0.3, 0.4) is 0 Å². The molecule has 3 atom stereocenters. The summed E-state index contributed by atoms with van der Waals surface area (Å²) in [5.74, 6) is 2.60. The number of nitrogens with two attached hydrogens (primary N) is 1. The van der Waals surface area contributed by atoms with Gasteiger partial charge < -0.3 is 15.4 Å². The van der Waals surface area contributed by atoms with E-state index in [9.17, 15) is 0 Å². The van der Waals surface area contributed by atoms with Gasteiger partial charge in [0.2, 0.25) is 0 Å². The third kappa shape index (κ3) is 2.13. The van der Waals surface area contributed by atoms with Crippen LogP contribution in [0.4, 0.5) is 0 Å². The highest BCUT2D eigenvalue weighted by atomic mass is 16.5. The minimum absolute atomic E-state index is 0.490. The lowest BCUT2D eigenvalue weighted by molar-refractivity contribution is 0.0545. The fourth-order valence-corrected chi connectivity index (χ4v) is 3.84. The molecule has 0 amide bonds. The van der Waals surface area contributed by atoms with Crippen LogP contribution in [0.25, 0.3) is 0 Å². The monoisotopic (exact) mass is 224 g/mol. The maximum atomic E-state index is 6.17. The van der Waals surface area contributed by atoms with Gasteiger partial charge in [0, 0.05) is 38.9 Å². The van der Waals surface area contributed by atoms with Crippen LogP contribution < -0.4 is 5.73 Å². The van der Waals surface area contributed by atoms with Crippen molar-refractivity contribution >= 4 is 0 Å². The SMILES string of the molecule is NC1CCC2CN(CC3CCOCC3)CC12. The fourth-order valence-electron chi connectivity index (χ4n) is 3.84. The highest BCUT2D eigenvalue weighted by molar-refractivity contribution is 4.95. The van der Waals surface area contributed by atoms with Crippen LogP contribution in [0.1, 0.15) is 25.7 Å². The Kier molecular flexibility index (Phi) is 3.18. The van der Waals surface area contributed by atoms with Crippen molar-refractivity contribution in [3.8, 4) is 0 Å². The van der Waals surface area contributed by atoms with Gasteiger partial charge in [-0.05, 0) is 43.4 Å². The topological polar surface area (TPSA) is 38.5 Å². The van der Waals surface area contributed by atoms with Crippen LogP contribution in [0.2, 0.25) is 0 Å². The number of nitrogens with zero attached hydrogens (tertiary/aromatic N) is 1. The van der Waals surface area contributed by atoms with Gasteiger partial charge in [0.25, 0.3) is 0 Å². The lowest BCUT2D eigenvalue weighted by atomic mass is 9.98. The lowest BCUT2D eigenvalue weighted by Crippen LogP contribution is -2.34. The largest absolute Gasteiger partial charge is 0.381 e. The second-order valence-corrected chi connectivity index (χ2v) is 5.94. The Bertz CT molecular complexity index is 240. The molecule has 3 rings (SSSR count). The summed E-state index contributed by atoms with van der Waals surface area (Å²) >= 11 is 0. The highest BCUT2D eigenvalue weighted by Gasteiger charge is 2.41. The van der Waals surface area contributed by atoms with Crippen molar-refractivity contribution < 1.29 is 4.74 Å². The lowest BCUT2D eigenvalue weighted by Gasteiger charge is -2.27. The molecular weight excluding hydrogens is 200 g/mol. The van der Waals surface area contributed by atoms with Gasteiger partial charge in [-0.3, -0.25) is 0 Å². The molecule has 1 aliphatic carbocycles. The van der Waals surface area contributed by atoms with Crippen molar-refractivity contribution in [1.29, 1.82) is 0 Å². The normalized spacial score (nSPS) is 41.4. The molecule has 0 spiro atoms. The molecule has 2 saturated heterocycles. The first-order chi connectivity index (χ1) is 7.83. The number of fused-ring (bicyclic) bond motifs is 1. The zero-order valence-electron chi connectivity index (χ0n) is 10.1. The molecule has 2 aliphatic heterocycles. The summed E-state index contributed by atoms with van der Waals surface area (Å²) in [5, 5.41) is 0. The van der Waals surface area contributed by atoms with E-state index in [1.165, 1.54) is 45.3 Å². The summed E-state index contributed by atoms with van der Waals surface area (Å²) in [6, 6.07) is 0.490. The smallest absolute Gasteiger partial charge is 0.0469 e. The molecule has 3 heteroatoms. The molecule has 2 N–H and O–H groups in total. The van der Waals surface area contributed by atoms with Crippen LogP contribution in [0.5, 0.6) is 0 Å². The molecule has 0 aromatic carbocycles. The first-order valence-corrected chi connectivity index (χ1v) is 6.88. The molecule has 3 unspecified atom stereocenters. The molecule has 0 aromatic rings. The highest BCUT2D eigenvalue weighted by Crippen LogP contribution is 2.37. The predicted molar refractivity (Wildman–Crippen MR) is 64.2 cm³/mol. The van der Waals surface area contributed by atoms with Gasteiger partial charge in [-0.1, -0.05) is 0 Å². The van der Waals surface area contributed by atoms with E-state index in [-0.39, 0.29) is 0 Å². The fraction of sp³-hybridized carbons (Fsp3) is 1.00. The molecule has 92 valence electrons. The van der Waals surface area contributed by atoms with Crippen LogP contribution >= 0.6 is 0 Å². The Morgan fingerprint density at radius 3 is 2.62 bits per heavy atom. The van der Waals surface area contributed by atoms with Crippen molar-refractivity contribution in [2.75, 3.05) is 32.8 Å². The van der Waals surface area contributed by atoms with E-state index in [0.29, 0.717) is 6.04 Å². The number of likely N-dealkylation sites (tertiary alicyclic amines) is 1. The summed E-state index contributed by atoms with van der Waals surface area (Å²) < 4.78 is 5.42. The van der Waals surface area contributed by atoms with Gasteiger partial charge in [0.05, 0.1) is 0 Å². The Balaban J connectivity index is 1.50. The maximum absolute atomic E-state index is 6.17. The average molecular weight is 224 g/mol. The van der Waals surface area contributed by atoms with Gasteiger partial charge in [-0.15, -0.1) is 0 Å². The zero-order valence-corrected chi connectivity index (χ0v) is 10.1. The molecule has 3 nitrogen and oxygen atoms in total. The Hall–Kier alpha value is -0.120. The van der Waals surface area contributed by atoms with E-state index in [2.05, 4.69) is 4.90 Å². The number of rotatable bonds is 2. The van der Waals surface area contributed by atoms with E-state index in [1.807, 2.05) is 0 Å². The first-order valence-electron chi connectivity index (χ1n) is 6.88. The summed E-state index contributed by atoms with van der Waals surface area (Å²) in [6.45, 7) is 5.83. The molecule has 1 saturated carbocycles.